The van der Waals surface area contributed by atoms with Gasteiger partial charge in [0.15, 0.2) is 0 Å². The summed E-state index contributed by atoms with van der Waals surface area (Å²) in [4.78, 5) is 0. The van der Waals surface area contributed by atoms with Crippen molar-refractivity contribution in [3.05, 3.63) is 71.8 Å². The highest BCUT2D eigenvalue weighted by molar-refractivity contribution is 5.85. The highest BCUT2D eigenvalue weighted by Gasteiger charge is 2.19. The van der Waals surface area contributed by atoms with Gasteiger partial charge in [0.2, 0.25) is 0 Å². The minimum Gasteiger partial charge on any atom is -0.385 e. The summed E-state index contributed by atoms with van der Waals surface area (Å²) in [6.07, 6.45) is -1.77. The Labute approximate surface area is 107 Å². The van der Waals surface area contributed by atoms with Crippen LogP contribution in [-0.2, 0) is 0 Å². The summed E-state index contributed by atoms with van der Waals surface area (Å²) in [7, 11) is 0. The first-order valence-corrected chi connectivity index (χ1v) is 5.25. The summed E-state index contributed by atoms with van der Waals surface area (Å²) < 4.78 is 0. The second-order valence-electron chi connectivity index (χ2n) is 3.71. The van der Waals surface area contributed by atoms with Crippen LogP contribution in [0.1, 0.15) is 23.3 Å². The molecule has 2 atom stereocenters. The minimum atomic E-state index is -0.886. The van der Waals surface area contributed by atoms with Gasteiger partial charge >= 0.3 is 0 Å². The van der Waals surface area contributed by atoms with Crippen molar-refractivity contribution in [2.24, 2.45) is 0 Å². The summed E-state index contributed by atoms with van der Waals surface area (Å²) >= 11 is 0. The van der Waals surface area contributed by atoms with Gasteiger partial charge in [0.1, 0.15) is 12.2 Å². The third-order valence-corrected chi connectivity index (χ3v) is 2.58. The van der Waals surface area contributed by atoms with E-state index in [2.05, 4.69) is 0 Å². The van der Waals surface area contributed by atoms with Gasteiger partial charge in [0.25, 0.3) is 0 Å². The quantitative estimate of drug-likeness (QED) is 0.880. The Hall–Kier alpha value is -1.35. The summed E-state index contributed by atoms with van der Waals surface area (Å²) in [5, 5.41) is 20.0. The van der Waals surface area contributed by atoms with Crippen LogP contribution in [0.5, 0.6) is 0 Å². The molecule has 3 heteroatoms. The van der Waals surface area contributed by atoms with E-state index in [0.717, 1.165) is 11.1 Å². The van der Waals surface area contributed by atoms with Crippen molar-refractivity contribution in [1.82, 2.24) is 0 Å². The maximum Gasteiger partial charge on any atom is 0.109 e. The molecule has 2 unspecified atom stereocenters. The van der Waals surface area contributed by atoms with E-state index in [9.17, 15) is 10.2 Å². The topological polar surface area (TPSA) is 40.5 Å². The second kappa shape index (κ2) is 6.40. The van der Waals surface area contributed by atoms with Crippen LogP contribution in [0.15, 0.2) is 60.7 Å². The Bertz CT molecular complexity index is 387. The Morgan fingerprint density at radius 2 is 0.882 bits per heavy atom. The van der Waals surface area contributed by atoms with Crippen LogP contribution in [0.3, 0.4) is 0 Å². The monoisotopic (exact) mass is 250 g/mol. The molecule has 0 fully saturated rings. The maximum absolute atomic E-state index is 9.99. The van der Waals surface area contributed by atoms with Crippen LogP contribution in [0.25, 0.3) is 0 Å². The van der Waals surface area contributed by atoms with Crippen molar-refractivity contribution >= 4 is 12.4 Å². The molecule has 2 aromatic rings. The lowest BCUT2D eigenvalue weighted by Crippen LogP contribution is -2.09. The van der Waals surface area contributed by atoms with Gasteiger partial charge in [-0.05, 0) is 11.1 Å². The van der Waals surface area contributed by atoms with E-state index in [1.807, 2.05) is 36.4 Å². The Morgan fingerprint density at radius 3 is 1.18 bits per heavy atom. The fraction of sp³-hybridized carbons (Fsp3) is 0.143. The predicted octanol–water partition coefficient (Wildman–Crippen LogP) is 2.88. The lowest BCUT2D eigenvalue weighted by molar-refractivity contribution is 0.0172. The highest BCUT2D eigenvalue weighted by Crippen LogP contribution is 2.27. The fourth-order valence-electron chi connectivity index (χ4n) is 1.67. The van der Waals surface area contributed by atoms with Gasteiger partial charge < -0.3 is 10.2 Å². The smallest absolute Gasteiger partial charge is 0.109 e. The molecule has 2 rings (SSSR count). The molecular weight excluding hydrogens is 236 g/mol. The molecule has 0 radical (unpaired) electrons. The summed E-state index contributed by atoms with van der Waals surface area (Å²) in [5.74, 6) is 0. The molecule has 17 heavy (non-hydrogen) atoms. The van der Waals surface area contributed by atoms with Crippen LogP contribution >= 0.6 is 12.4 Å². The largest absolute Gasteiger partial charge is 0.385 e. The van der Waals surface area contributed by atoms with E-state index in [0.29, 0.717) is 0 Å². The van der Waals surface area contributed by atoms with E-state index >= 15 is 0 Å². The number of benzene rings is 2. The van der Waals surface area contributed by atoms with Crippen molar-refractivity contribution in [1.29, 1.82) is 0 Å². The van der Waals surface area contributed by atoms with Crippen LogP contribution < -0.4 is 0 Å². The van der Waals surface area contributed by atoms with Crippen LogP contribution in [-0.4, -0.2) is 10.2 Å². The molecule has 0 aliphatic heterocycles. The zero-order valence-electron chi connectivity index (χ0n) is 9.23. The Morgan fingerprint density at radius 1 is 0.588 bits per heavy atom. The van der Waals surface area contributed by atoms with Gasteiger partial charge in [-0.3, -0.25) is 0 Å². The third kappa shape index (κ3) is 3.30. The maximum atomic E-state index is 9.99. The minimum absolute atomic E-state index is 0. The van der Waals surface area contributed by atoms with Crippen molar-refractivity contribution in [2.75, 3.05) is 0 Å². The van der Waals surface area contributed by atoms with E-state index in [4.69, 9.17) is 0 Å². The van der Waals surface area contributed by atoms with Gasteiger partial charge in [-0.15, -0.1) is 12.4 Å². The Kier molecular flexibility index (Phi) is 5.16. The molecule has 0 aromatic heterocycles. The fourth-order valence-corrected chi connectivity index (χ4v) is 1.67. The van der Waals surface area contributed by atoms with E-state index in [-0.39, 0.29) is 12.4 Å². The van der Waals surface area contributed by atoms with Crippen molar-refractivity contribution in [3.8, 4) is 0 Å². The molecule has 0 spiro atoms. The molecule has 0 amide bonds. The van der Waals surface area contributed by atoms with Crippen LogP contribution in [0, 0.1) is 0 Å². The first-order chi connectivity index (χ1) is 7.79. The van der Waals surface area contributed by atoms with Crippen LogP contribution in [0.4, 0.5) is 0 Å². The molecule has 90 valence electrons. The average Bonchev–Trinajstić information content (AvgIpc) is 2.39. The molecule has 0 saturated heterocycles. The van der Waals surface area contributed by atoms with Crippen molar-refractivity contribution in [3.63, 3.8) is 0 Å². The Balaban J connectivity index is 0.00000144. The second-order valence-corrected chi connectivity index (χ2v) is 3.71. The number of hydrogen-bond donors (Lipinski definition) is 2. The highest BCUT2D eigenvalue weighted by atomic mass is 35.5. The number of hydrogen-bond acceptors (Lipinski definition) is 2. The summed E-state index contributed by atoms with van der Waals surface area (Å²) in [6.45, 7) is 0. The molecule has 2 nitrogen and oxygen atoms in total. The van der Waals surface area contributed by atoms with Crippen molar-refractivity contribution < 1.29 is 10.2 Å². The predicted molar refractivity (Wildman–Crippen MR) is 70.1 cm³/mol. The number of rotatable bonds is 3. The number of halogens is 1. The number of aliphatic hydroxyl groups is 2. The van der Waals surface area contributed by atoms with Crippen LogP contribution in [0.2, 0.25) is 0 Å². The normalized spacial score (nSPS) is 13.5. The van der Waals surface area contributed by atoms with E-state index < -0.39 is 12.2 Å². The summed E-state index contributed by atoms with van der Waals surface area (Å²) in [6, 6.07) is 18.3. The van der Waals surface area contributed by atoms with E-state index in [1.165, 1.54) is 0 Å². The third-order valence-electron chi connectivity index (χ3n) is 2.58. The van der Waals surface area contributed by atoms with Gasteiger partial charge in [-0.25, -0.2) is 0 Å². The van der Waals surface area contributed by atoms with E-state index in [1.54, 1.807) is 24.3 Å². The number of aliphatic hydroxyl groups excluding tert-OH is 2. The summed E-state index contributed by atoms with van der Waals surface area (Å²) in [5.41, 5.74) is 1.44. The molecule has 2 aromatic carbocycles. The first-order valence-electron chi connectivity index (χ1n) is 5.25. The zero-order valence-corrected chi connectivity index (χ0v) is 10.0. The molecule has 2 N–H and O–H groups in total. The molecule has 0 bridgehead atoms. The average molecular weight is 251 g/mol. The van der Waals surface area contributed by atoms with Crippen molar-refractivity contribution in [2.45, 2.75) is 12.2 Å². The van der Waals surface area contributed by atoms with Gasteiger partial charge in [-0.1, -0.05) is 60.7 Å². The molecule has 0 heterocycles. The van der Waals surface area contributed by atoms with Gasteiger partial charge in [0.05, 0.1) is 0 Å². The van der Waals surface area contributed by atoms with Gasteiger partial charge in [-0.2, -0.15) is 0 Å². The standard InChI is InChI=1S/C14H14O2.ClH/c15-13(11-7-3-1-4-8-11)14(16)12-9-5-2-6-10-12;/h1-10,13-16H;1H. The SMILES string of the molecule is Cl.OC(c1ccccc1)C(O)c1ccccc1. The molecule has 0 aliphatic rings. The molecular formula is C14H15ClO2. The lowest BCUT2D eigenvalue weighted by atomic mass is 9.99. The lowest BCUT2D eigenvalue weighted by Gasteiger charge is -2.18. The first kappa shape index (κ1) is 13.7. The molecule has 0 saturated carbocycles. The zero-order chi connectivity index (χ0) is 11.4. The van der Waals surface area contributed by atoms with Gasteiger partial charge in [0, 0.05) is 0 Å². The molecule has 0 aliphatic carbocycles.